The Labute approximate surface area is 54.0 Å². The lowest BCUT2D eigenvalue weighted by atomic mass is 10.4. The van der Waals surface area contributed by atoms with Crippen molar-refractivity contribution in [3.05, 3.63) is 18.7 Å². The summed E-state index contributed by atoms with van der Waals surface area (Å²) in [5.74, 6) is 0. The lowest BCUT2D eigenvalue weighted by molar-refractivity contribution is 0.0998. The molecule has 1 aromatic heterocycles. The second kappa shape index (κ2) is 2.64. The first kappa shape index (κ1) is 6.29. The Hall–Kier alpha value is -0.830. The molecule has 0 amide bonds. The van der Waals surface area contributed by atoms with Crippen molar-refractivity contribution >= 4 is 0 Å². The van der Waals surface area contributed by atoms with Gasteiger partial charge in [-0.25, -0.2) is 4.98 Å². The highest BCUT2D eigenvalue weighted by molar-refractivity contribution is 4.75. The highest BCUT2D eigenvalue weighted by Crippen LogP contribution is 2.03. The molecule has 0 aromatic carbocycles. The predicted octanol–water partition coefficient (Wildman–Crippen LogP) is 0.784. The zero-order valence-electron chi connectivity index (χ0n) is 5.36. The standard InChI is InChI=1S/C6H10N2O/c1-2-6(9)8-4-3-7-5-8/h3-6,9H,2H2,1H3/t6-/m0/s1. The van der Waals surface area contributed by atoms with Crippen LogP contribution in [0.2, 0.25) is 0 Å². The first-order valence-corrected chi connectivity index (χ1v) is 3.00. The van der Waals surface area contributed by atoms with Crippen LogP contribution in [0.4, 0.5) is 0 Å². The average Bonchev–Trinajstić information content (AvgIpc) is 2.37. The van der Waals surface area contributed by atoms with E-state index in [1.54, 1.807) is 23.3 Å². The number of aliphatic hydroxyl groups is 1. The van der Waals surface area contributed by atoms with Crippen LogP contribution in [0.25, 0.3) is 0 Å². The number of hydrogen-bond acceptors (Lipinski definition) is 2. The van der Waals surface area contributed by atoms with Crippen molar-refractivity contribution in [2.24, 2.45) is 0 Å². The summed E-state index contributed by atoms with van der Waals surface area (Å²) < 4.78 is 1.67. The normalized spacial score (nSPS) is 13.6. The van der Waals surface area contributed by atoms with Gasteiger partial charge in [0, 0.05) is 12.4 Å². The van der Waals surface area contributed by atoms with Gasteiger partial charge >= 0.3 is 0 Å². The summed E-state index contributed by atoms with van der Waals surface area (Å²) in [5, 5.41) is 9.14. The molecule has 0 aliphatic heterocycles. The number of aromatic nitrogens is 2. The van der Waals surface area contributed by atoms with Crippen LogP contribution < -0.4 is 0 Å². The Kier molecular flexibility index (Phi) is 1.85. The number of rotatable bonds is 2. The third-order valence-corrected chi connectivity index (χ3v) is 1.23. The van der Waals surface area contributed by atoms with Crippen LogP contribution >= 0.6 is 0 Å². The van der Waals surface area contributed by atoms with Crippen molar-refractivity contribution in [3.8, 4) is 0 Å². The summed E-state index contributed by atoms with van der Waals surface area (Å²) in [5.41, 5.74) is 0. The minimum absolute atomic E-state index is 0.410. The SMILES string of the molecule is CC[C@H](O)n1ccnc1. The molecule has 1 aromatic rings. The molecule has 3 nitrogen and oxygen atoms in total. The monoisotopic (exact) mass is 126 g/mol. The van der Waals surface area contributed by atoms with Gasteiger partial charge in [-0.15, -0.1) is 0 Å². The van der Waals surface area contributed by atoms with E-state index in [4.69, 9.17) is 5.11 Å². The van der Waals surface area contributed by atoms with E-state index in [-0.39, 0.29) is 0 Å². The second-order valence-corrected chi connectivity index (χ2v) is 1.90. The quantitative estimate of drug-likeness (QED) is 0.636. The van der Waals surface area contributed by atoms with Crippen LogP contribution in [0.1, 0.15) is 19.6 Å². The lowest BCUT2D eigenvalue weighted by Gasteiger charge is -2.06. The fourth-order valence-electron chi connectivity index (χ4n) is 0.657. The predicted molar refractivity (Wildman–Crippen MR) is 33.8 cm³/mol. The molecule has 0 aliphatic rings. The molecule has 1 rings (SSSR count). The Morgan fingerprint density at radius 2 is 2.56 bits per heavy atom. The molecule has 3 heteroatoms. The van der Waals surface area contributed by atoms with Crippen LogP contribution in [0.5, 0.6) is 0 Å². The van der Waals surface area contributed by atoms with Crippen molar-refractivity contribution in [2.75, 3.05) is 0 Å². The number of nitrogens with zero attached hydrogens (tertiary/aromatic N) is 2. The maximum Gasteiger partial charge on any atom is 0.131 e. The van der Waals surface area contributed by atoms with Gasteiger partial charge in [0.25, 0.3) is 0 Å². The minimum atomic E-state index is -0.410. The van der Waals surface area contributed by atoms with E-state index >= 15 is 0 Å². The first-order chi connectivity index (χ1) is 4.34. The van der Waals surface area contributed by atoms with Crippen molar-refractivity contribution in [3.63, 3.8) is 0 Å². The summed E-state index contributed by atoms with van der Waals surface area (Å²) in [7, 11) is 0. The minimum Gasteiger partial charge on any atom is -0.373 e. The van der Waals surface area contributed by atoms with E-state index in [1.165, 1.54) is 0 Å². The number of imidazole rings is 1. The van der Waals surface area contributed by atoms with Gasteiger partial charge in [-0.3, -0.25) is 0 Å². The van der Waals surface area contributed by atoms with Gasteiger partial charge in [0.2, 0.25) is 0 Å². The molecule has 0 bridgehead atoms. The van der Waals surface area contributed by atoms with Gasteiger partial charge in [-0.2, -0.15) is 0 Å². The van der Waals surface area contributed by atoms with Crippen molar-refractivity contribution in [2.45, 2.75) is 19.6 Å². The highest BCUT2D eigenvalue weighted by Gasteiger charge is 1.98. The fourth-order valence-corrected chi connectivity index (χ4v) is 0.657. The second-order valence-electron chi connectivity index (χ2n) is 1.90. The average molecular weight is 126 g/mol. The Balaban J connectivity index is 2.65. The Morgan fingerprint density at radius 1 is 1.78 bits per heavy atom. The molecule has 0 unspecified atom stereocenters. The van der Waals surface area contributed by atoms with Crippen LogP contribution in [0.15, 0.2) is 18.7 Å². The molecule has 1 atom stereocenters. The fraction of sp³-hybridized carbons (Fsp3) is 0.500. The summed E-state index contributed by atoms with van der Waals surface area (Å²) in [4.78, 5) is 3.79. The molecule has 50 valence electrons. The molecule has 0 fully saturated rings. The Morgan fingerprint density at radius 3 is 3.00 bits per heavy atom. The molecule has 0 saturated heterocycles. The van der Waals surface area contributed by atoms with E-state index in [0.29, 0.717) is 0 Å². The number of hydrogen-bond donors (Lipinski definition) is 1. The molecule has 0 radical (unpaired) electrons. The van der Waals surface area contributed by atoms with Gasteiger partial charge in [0.15, 0.2) is 0 Å². The third kappa shape index (κ3) is 1.29. The molecular weight excluding hydrogens is 116 g/mol. The van der Waals surface area contributed by atoms with Crippen molar-refractivity contribution < 1.29 is 5.11 Å². The summed E-state index contributed by atoms with van der Waals surface area (Å²) in [6.45, 7) is 1.92. The smallest absolute Gasteiger partial charge is 0.131 e. The number of aliphatic hydroxyl groups excluding tert-OH is 1. The summed E-state index contributed by atoms with van der Waals surface area (Å²) in [6, 6.07) is 0. The van der Waals surface area contributed by atoms with E-state index in [9.17, 15) is 0 Å². The molecule has 1 N–H and O–H groups in total. The molecule has 9 heavy (non-hydrogen) atoms. The van der Waals surface area contributed by atoms with Crippen LogP contribution in [-0.2, 0) is 0 Å². The zero-order chi connectivity index (χ0) is 6.69. The zero-order valence-corrected chi connectivity index (χ0v) is 5.36. The van der Waals surface area contributed by atoms with Crippen LogP contribution in [-0.4, -0.2) is 14.7 Å². The van der Waals surface area contributed by atoms with Gasteiger partial charge in [-0.1, -0.05) is 6.92 Å². The molecule has 1 heterocycles. The molecular formula is C6H10N2O. The van der Waals surface area contributed by atoms with Gasteiger partial charge in [-0.05, 0) is 6.42 Å². The maximum absolute atomic E-state index is 9.14. The van der Waals surface area contributed by atoms with Gasteiger partial charge in [0.1, 0.15) is 6.23 Å². The van der Waals surface area contributed by atoms with Crippen molar-refractivity contribution in [1.82, 2.24) is 9.55 Å². The van der Waals surface area contributed by atoms with E-state index in [0.717, 1.165) is 6.42 Å². The van der Waals surface area contributed by atoms with E-state index in [2.05, 4.69) is 4.98 Å². The van der Waals surface area contributed by atoms with E-state index in [1.807, 2.05) is 6.92 Å². The molecule has 0 saturated carbocycles. The third-order valence-electron chi connectivity index (χ3n) is 1.23. The highest BCUT2D eigenvalue weighted by atomic mass is 16.3. The van der Waals surface area contributed by atoms with Crippen molar-refractivity contribution in [1.29, 1.82) is 0 Å². The van der Waals surface area contributed by atoms with Gasteiger partial charge in [0.05, 0.1) is 6.33 Å². The molecule has 0 spiro atoms. The van der Waals surface area contributed by atoms with Gasteiger partial charge < -0.3 is 9.67 Å². The maximum atomic E-state index is 9.14. The summed E-state index contributed by atoms with van der Waals surface area (Å²) in [6.07, 6.45) is 5.31. The van der Waals surface area contributed by atoms with E-state index < -0.39 is 6.23 Å². The Bertz CT molecular complexity index is 160. The topological polar surface area (TPSA) is 38.0 Å². The summed E-state index contributed by atoms with van der Waals surface area (Å²) >= 11 is 0. The lowest BCUT2D eigenvalue weighted by Crippen LogP contribution is -2.03. The van der Waals surface area contributed by atoms with Crippen LogP contribution in [0, 0.1) is 0 Å². The molecule has 0 aliphatic carbocycles. The largest absolute Gasteiger partial charge is 0.373 e. The first-order valence-electron chi connectivity index (χ1n) is 3.00. The van der Waals surface area contributed by atoms with Crippen LogP contribution in [0.3, 0.4) is 0 Å².